The Morgan fingerprint density at radius 2 is 2.14 bits per heavy atom. The average Bonchev–Trinajstić information content (AvgIpc) is 3.14. The molecule has 2 heterocycles. The quantitative estimate of drug-likeness (QED) is 0.647. The van der Waals surface area contributed by atoms with E-state index in [1.165, 1.54) is 19.2 Å². The van der Waals surface area contributed by atoms with Gasteiger partial charge in [0.25, 0.3) is 5.91 Å². The number of alkyl halides is 3. The lowest BCUT2D eigenvalue weighted by Crippen LogP contribution is -2.19. The summed E-state index contributed by atoms with van der Waals surface area (Å²) in [5, 5.41) is 14.5. The number of aliphatic imine (C=N–C) groups is 1. The van der Waals surface area contributed by atoms with Crippen LogP contribution in [-0.2, 0) is 15.8 Å². The van der Waals surface area contributed by atoms with Crippen LogP contribution in [0, 0.1) is 0 Å². The number of carbonyl (C=O) groups excluding carboxylic acids is 2. The van der Waals surface area contributed by atoms with Gasteiger partial charge in [0.05, 0.1) is 21.0 Å². The minimum atomic E-state index is -4.72. The van der Waals surface area contributed by atoms with Gasteiger partial charge in [0.15, 0.2) is 10.3 Å². The van der Waals surface area contributed by atoms with Crippen LogP contribution in [0.2, 0.25) is 0 Å². The first-order valence-electron chi connectivity index (χ1n) is 7.55. The lowest BCUT2D eigenvalue weighted by Gasteiger charge is -2.10. The predicted octanol–water partition coefficient (Wildman–Crippen LogP) is 3.72. The molecule has 0 spiro atoms. The molecule has 0 bridgehead atoms. The number of amidine groups is 1. The van der Waals surface area contributed by atoms with Gasteiger partial charge in [-0.05, 0) is 36.0 Å². The average molecular weight is 428 g/mol. The van der Waals surface area contributed by atoms with Crippen LogP contribution in [0.1, 0.15) is 17.4 Å². The number of thiazole rings is 1. The third kappa shape index (κ3) is 4.70. The molecule has 1 aromatic heterocycles. The topological polar surface area (TPSA) is 104 Å². The number of amides is 2. The van der Waals surface area contributed by atoms with Crippen molar-refractivity contribution in [2.75, 3.05) is 5.32 Å². The van der Waals surface area contributed by atoms with E-state index in [0.717, 1.165) is 35.2 Å². The van der Waals surface area contributed by atoms with E-state index in [4.69, 9.17) is 0 Å². The number of benzene rings is 1. The number of hydrogen-bond acceptors (Lipinski definition) is 7. The molecule has 0 radical (unpaired) electrons. The molecule has 28 heavy (non-hydrogen) atoms. The number of aromatic nitrogens is 1. The summed E-state index contributed by atoms with van der Waals surface area (Å²) >= 11 is 2.00. The number of phenolic OH excluding ortho intramolecular Hbond substituents is 1. The van der Waals surface area contributed by atoms with Gasteiger partial charge in [-0.1, -0.05) is 11.3 Å². The zero-order chi connectivity index (χ0) is 20.5. The van der Waals surface area contributed by atoms with Crippen molar-refractivity contribution in [3.8, 4) is 5.75 Å². The number of carbonyl (C=O) groups is 2. The molecule has 2 aromatic rings. The Morgan fingerprint density at radius 1 is 1.39 bits per heavy atom. The predicted molar refractivity (Wildman–Crippen MR) is 100 cm³/mol. The van der Waals surface area contributed by atoms with Crippen LogP contribution in [0.25, 0.3) is 6.08 Å². The second-order valence-corrected chi connectivity index (χ2v) is 7.52. The summed E-state index contributed by atoms with van der Waals surface area (Å²) in [5.41, 5.74) is -1.55. The minimum Gasteiger partial charge on any atom is -0.508 e. The Morgan fingerprint density at radius 3 is 2.82 bits per heavy atom. The highest BCUT2D eigenvalue weighted by molar-refractivity contribution is 8.18. The van der Waals surface area contributed by atoms with Crippen molar-refractivity contribution >= 4 is 57.0 Å². The highest BCUT2D eigenvalue weighted by Crippen LogP contribution is 2.39. The molecule has 2 amide bonds. The van der Waals surface area contributed by atoms with E-state index in [2.05, 4.69) is 20.6 Å². The van der Waals surface area contributed by atoms with E-state index in [-0.39, 0.29) is 16.0 Å². The summed E-state index contributed by atoms with van der Waals surface area (Å²) in [4.78, 5) is 31.7. The summed E-state index contributed by atoms with van der Waals surface area (Å²) in [7, 11) is 0. The van der Waals surface area contributed by atoms with E-state index in [0.29, 0.717) is 16.1 Å². The number of thioether (sulfide) groups is 1. The second-order valence-electron chi connectivity index (χ2n) is 5.43. The van der Waals surface area contributed by atoms with Crippen molar-refractivity contribution in [2.45, 2.75) is 13.1 Å². The van der Waals surface area contributed by atoms with Gasteiger partial charge in [-0.3, -0.25) is 9.59 Å². The van der Waals surface area contributed by atoms with Crippen molar-refractivity contribution in [3.05, 3.63) is 39.7 Å². The maximum atomic E-state index is 13.1. The number of halogens is 3. The van der Waals surface area contributed by atoms with E-state index in [9.17, 15) is 27.9 Å². The molecular formula is C16H11F3N4O3S2. The van der Waals surface area contributed by atoms with Gasteiger partial charge < -0.3 is 15.7 Å². The first-order chi connectivity index (χ1) is 13.1. The summed E-state index contributed by atoms with van der Waals surface area (Å²) in [6.45, 7) is 1.33. The third-order valence-electron chi connectivity index (χ3n) is 3.24. The van der Waals surface area contributed by atoms with Crippen molar-refractivity contribution in [2.24, 2.45) is 4.99 Å². The SMILES string of the molecule is CC(=O)Nc1ncc(/C=C2\S/C(=N\c3ccc(O)cc3C(F)(F)F)NC2=O)s1. The number of phenols is 1. The van der Waals surface area contributed by atoms with Crippen molar-refractivity contribution in [1.29, 1.82) is 0 Å². The number of aromatic hydroxyl groups is 1. The molecule has 3 rings (SSSR count). The Balaban J connectivity index is 1.85. The summed E-state index contributed by atoms with van der Waals surface area (Å²) in [5.74, 6) is -1.35. The van der Waals surface area contributed by atoms with Gasteiger partial charge in [-0.15, -0.1) is 0 Å². The van der Waals surface area contributed by atoms with Crippen LogP contribution in [-0.4, -0.2) is 27.1 Å². The Bertz CT molecular complexity index is 1010. The summed E-state index contributed by atoms with van der Waals surface area (Å²) in [6, 6.07) is 2.66. The standard InChI is InChI=1S/C16H11F3N4O3S2/c1-7(24)21-14-20-6-9(27-14)5-12-13(26)23-15(28-12)22-11-3-2-8(25)4-10(11)16(17,18)19/h2-6,25H,1H3,(H,20,21,24)(H,22,23,26)/b12-5-. The van der Waals surface area contributed by atoms with Gasteiger partial charge >= 0.3 is 6.18 Å². The molecule has 146 valence electrons. The maximum Gasteiger partial charge on any atom is 0.418 e. The molecule has 1 fully saturated rings. The van der Waals surface area contributed by atoms with E-state index in [1.807, 2.05) is 0 Å². The van der Waals surface area contributed by atoms with Crippen LogP contribution in [0.5, 0.6) is 5.75 Å². The first kappa shape index (κ1) is 19.9. The van der Waals surface area contributed by atoms with E-state index >= 15 is 0 Å². The molecule has 0 saturated carbocycles. The molecule has 0 unspecified atom stereocenters. The molecule has 1 aliphatic rings. The number of rotatable bonds is 3. The molecule has 3 N–H and O–H groups in total. The van der Waals surface area contributed by atoms with Crippen molar-refractivity contribution in [1.82, 2.24) is 10.3 Å². The van der Waals surface area contributed by atoms with E-state index < -0.39 is 29.1 Å². The number of anilines is 1. The van der Waals surface area contributed by atoms with Crippen LogP contribution in [0.3, 0.4) is 0 Å². The number of hydrogen-bond donors (Lipinski definition) is 3. The number of nitrogens with zero attached hydrogens (tertiary/aromatic N) is 2. The summed E-state index contributed by atoms with van der Waals surface area (Å²) in [6.07, 6.45) is -1.77. The largest absolute Gasteiger partial charge is 0.508 e. The maximum absolute atomic E-state index is 13.1. The van der Waals surface area contributed by atoms with Crippen LogP contribution in [0.4, 0.5) is 24.0 Å². The Labute approximate surface area is 164 Å². The summed E-state index contributed by atoms with van der Waals surface area (Å²) < 4.78 is 39.3. The molecule has 1 saturated heterocycles. The molecular weight excluding hydrogens is 417 g/mol. The van der Waals surface area contributed by atoms with Gasteiger partial charge in [-0.25, -0.2) is 9.98 Å². The smallest absolute Gasteiger partial charge is 0.418 e. The fraction of sp³-hybridized carbons (Fsp3) is 0.125. The van der Waals surface area contributed by atoms with Crippen molar-refractivity contribution < 1.29 is 27.9 Å². The molecule has 12 heteroatoms. The molecule has 0 atom stereocenters. The molecule has 0 aliphatic carbocycles. The van der Waals surface area contributed by atoms with E-state index in [1.54, 1.807) is 0 Å². The van der Waals surface area contributed by atoms with Gasteiger partial charge in [0, 0.05) is 13.1 Å². The van der Waals surface area contributed by atoms with Crippen molar-refractivity contribution in [3.63, 3.8) is 0 Å². The Kier molecular flexibility index (Phi) is 5.42. The highest BCUT2D eigenvalue weighted by atomic mass is 32.2. The lowest BCUT2D eigenvalue weighted by molar-refractivity contribution is -0.137. The fourth-order valence-electron chi connectivity index (χ4n) is 2.13. The Hall–Kier alpha value is -2.86. The van der Waals surface area contributed by atoms with Crippen LogP contribution >= 0.6 is 23.1 Å². The lowest BCUT2D eigenvalue weighted by atomic mass is 10.1. The second kappa shape index (κ2) is 7.64. The monoisotopic (exact) mass is 428 g/mol. The van der Waals surface area contributed by atoms with Crippen LogP contribution in [0.15, 0.2) is 34.3 Å². The van der Waals surface area contributed by atoms with Gasteiger partial charge in [-0.2, -0.15) is 13.2 Å². The first-order valence-corrected chi connectivity index (χ1v) is 9.18. The highest BCUT2D eigenvalue weighted by Gasteiger charge is 2.34. The van der Waals surface area contributed by atoms with Gasteiger partial charge in [0.2, 0.25) is 5.91 Å². The minimum absolute atomic E-state index is 0.0287. The fourth-order valence-corrected chi connectivity index (χ4v) is 3.84. The zero-order valence-corrected chi connectivity index (χ0v) is 15.6. The molecule has 1 aromatic carbocycles. The number of nitrogens with one attached hydrogen (secondary N) is 2. The molecule has 7 nitrogen and oxygen atoms in total. The van der Waals surface area contributed by atoms with Gasteiger partial charge in [0.1, 0.15) is 5.75 Å². The van der Waals surface area contributed by atoms with Crippen LogP contribution < -0.4 is 10.6 Å². The zero-order valence-electron chi connectivity index (χ0n) is 14.0. The third-order valence-corrected chi connectivity index (χ3v) is 5.01. The normalized spacial score (nSPS) is 17.2. The molecule has 1 aliphatic heterocycles.